The van der Waals surface area contributed by atoms with Gasteiger partial charge in [-0.25, -0.2) is 0 Å². The lowest BCUT2D eigenvalue weighted by Gasteiger charge is -2.31. The Morgan fingerprint density at radius 2 is 2.17 bits per heavy atom. The second kappa shape index (κ2) is 7.39. The number of carbonyl (C=O) groups excluding carboxylic acids is 2. The lowest BCUT2D eigenvalue weighted by Crippen LogP contribution is -2.46. The molecule has 0 radical (unpaired) electrons. The molecule has 0 bridgehead atoms. The lowest BCUT2D eigenvalue weighted by atomic mass is 9.98. The van der Waals surface area contributed by atoms with Crippen molar-refractivity contribution in [2.75, 3.05) is 26.7 Å². The quantitative estimate of drug-likeness (QED) is 0.622. The van der Waals surface area contributed by atoms with Gasteiger partial charge in [0.1, 0.15) is 0 Å². The molecule has 130 valence electrons. The first kappa shape index (κ1) is 17.9. The maximum absolute atomic E-state index is 12.3. The van der Waals surface area contributed by atoms with E-state index >= 15 is 0 Å². The average Bonchev–Trinajstić information content (AvgIpc) is 3.04. The van der Waals surface area contributed by atoms with Gasteiger partial charge in [0.15, 0.2) is 0 Å². The van der Waals surface area contributed by atoms with Gasteiger partial charge in [0, 0.05) is 26.2 Å². The molecule has 0 aromatic carbocycles. The number of carboxylic acids is 1. The highest BCUT2D eigenvalue weighted by Crippen LogP contribution is 2.25. The zero-order valence-electron chi connectivity index (χ0n) is 13.0. The minimum atomic E-state index is -0.928. The number of likely N-dealkylation sites (N-methyl/N-ethyl adjacent to an activating group) is 1. The molecule has 1 fully saturated rings. The van der Waals surface area contributed by atoms with Crippen LogP contribution in [0.3, 0.4) is 0 Å². The number of nitrogens with zero attached hydrogens (tertiary/aromatic N) is 3. The fourth-order valence-electron chi connectivity index (χ4n) is 2.51. The third-order valence-corrected chi connectivity index (χ3v) is 4.85. The van der Waals surface area contributed by atoms with Gasteiger partial charge in [0.25, 0.3) is 5.91 Å². The van der Waals surface area contributed by atoms with E-state index in [2.05, 4.69) is 0 Å². The number of thiophene rings is 1. The van der Waals surface area contributed by atoms with Crippen LogP contribution in [0.5, 0.6) is 0 Å². The van der Waals surface area contributed by atoms with E-state index in [9.17, 15) is 24.5 Å². The molecule has 10 heteroatoms. The topological polar surface area (TPSA) is 121 Å². The third kappa shape index (κ3) is 4.07. The molecule has 24 heavy (non-hydrogen) atoms. The summed E-state index contributed by atoms with van der Waals surface area (Å²) in [7, 11) is 1.43. The van der Waals surface area contributed by atoms with Gasteiger partial charge < -0.3 is 14.9 Å². The van der Waals surface area contributed by atoms with Gasteiger partial charge in [-0.2, -0.15) is 0 Å². The Kier molecular flexibility index (Phi) is 5.50. The van der Waals surface area contributed by atoms with Crippen LogP contribution in [0.25, 0.3) is 0 Å². The van der Waals surface area contributed by atoms with Crippen LogP contribution < -0.4 is 0 Å². The van der Waals surface area contributed by atoms with Crippen LogP contribution in [0, 0.1) is 16.0 Å². The molecule has 1 saturated heterocycles. The largest absolute Gasteiger partial charge is 0.481 e. The SMILES string of the molecule is CN(CC(=O)N1CCCC(C(=O)O)C1)C(=O)c1ccc([N+](=O)[O-])s1. The highest BCUT2D eigenvalue weighted by atomic mass is 32.1. The van der Waals surface area contributed by atoms with Crippen molar-refractivity contribution in [3.05, 3.63) is 27.1 Å². The molecule has 2 rings (SSSR count). The predicted molar refractivity (Wildman–Crippen MR) is 84.9 cm³/mol. The van der Waals surface area contributed by atoms with Crippen LogP contribution in [-0.4, -0.2) is 64.3 Å². The Morgan fingerprint density at radius 3 is 2.75 bits per heavy atom. The molecule has 1 N–H and O–H groups in total. The number of aliphatic carboxylic acids is 1. The first-order valence-corrected chi connectivity index (χ1v) is 8.11. The van der Waals surface area contributed by atoms with Crippen LogP contribution >= 0.6 is 11.3 Å². The third-order valence-electron chi connectivity index (χ3n) is 3.83. The first-order valence-electron chi connectivity index (χ1n) is 7.30. The summed E-state index contributed by atoms with van der Waals surface area (Å²) in [6, 6.07) is 2.60. The van der Waals surface area contributed by atoms with E-state index in [0.717, 1.165) is 11.3 Å². The fourth-order valence-corrected chi connectivity index (χ4v) is 3.32. The number of nitro groups is 1. The number of carboxylic acid groups (broad SMARTS) is 1. The predicted octanol–water partition coefficient (Wildman–Crippen LogP) is 1.05. The van der Waals surface area contributed by atoms with E-state index in [0.29, 0.717) is 19.4 Å². The summed E-state index contributed by atoms with van der Waals surface area (Å²) in [6.07, 6.45) is 1.14. The number of amides is 2. The fraction of sp³-hybridized carbons (Fsp3) is 0.500. The van der Waals surface area contributed by atoms with Crippen LogP contribution in [0.2, 0.25) is 0 Å². The number of rotatable bonds is 5. The average molecular weight is 355 g/mol. The van der Waals surface area contributed by atoms with Crippen LogP contribution in [0.4, 0.5) is 5.00 Å². The number of hydrogen-bond donors (Lipinski definition) is 1. The Hall–Kier alpha value is -2.49. The number of hydrogen-bond acceptors (Lipinski definition) is 6. The van der Waals surface area contributed by atoms with Crippen molar-refractivity contribution in [2.24, 2.45) is 5.92 Å². The maximum Gasteiger partial charge on any atom is 0.324 e. The van der Waals surface area contributed by atoms with Crippen molar-refractivity contribution in [1.29, 1.82) is 0 Å². The minimum absolute atomic E-state index is 0.140. The normalized spacial score (nSPS) is 17.4. The summed E-state index contributed by atoms with van der Waals surface area (Å²) < 4.78 is 0. The van der Waals surface area contributed by atoms with E-state index in [1.807, 2.05) is 0 Å². The van der Waals surface area contributed by atoms with Gasteiger partial charge in [-0.3, -0.25) is 24.5 Å². The molecule has 0 spiro atoms. The van der Waals surface area contributed by atoms with E-state index in [4.69, 9.17) is 5.11 Å². The number of piperidine rings is 1. The maximum atomic E-state index is 12.3. The van der Waals surface area contributed by atoms with E-state index in [1.54, 1.807) is 0 Å². The highest BCUT2D eigenvalue weighted by molar-refractivity contribution is 7.17. The van der Waals surface area contributed by atoms with Crippen LogP contribution in [0.15, 0.2) is 12.1 Å². The monoisotopic (exact) mass is 355 g/mol. The Bertz CT molecular complexity index is 673. The molecule has 1 unspecified atom stereocenters. The zero-order chi connectivity index (χ0) is 17.9. The van der Waals surface area contributed by atoms with E-state index < -0.39 is 22.7 Å². The molecule has 1 aliphatic heterocycles. The molecule has 1 aliphatic rings. The summed E-state index contributed by atoms with van der Waals surface area (Å²) in [5.74, 6) is -2.32. The molecule has 2 heterocycles. The summed E-state index contributed by atoms with van der Waals surface area (Å²) in [5.41, 5.74) is 0. The van der Waals surface area contributed by atoms with Gasteiger partial charge in [0.05, 0.1) is 22.3 Å². The van der Waals surface area contributed by atoms with Crippen molar-refractivity contribution in [3.63, 3.8) is 0 Å². The second-order valence-electron chi connectivity index (χ2n) is 5.57. The molecule has 0 saturated carbocycles. The molecule has 1 aromatic rings. The smallest absolute Gasteiger partial charge is 0.324 e. The van der Waals surface area contributed by atoms with Crippen molar-refractivity contribution < 1.29 is 24.4 Å². The summed E-state index contributed by atoms with van der Waals surface area (Å²) in [6.45, 7) is 0.409. The minimum Gasteiger partial charge on any atom is -0.481 e. The zero-order valence-corrected chi connectivity index (χ0v) is 13.8. The Morgan fingerprint density at radius 1 is 1.46 bits per heavy atom. The summed E-state index contributed by atoms with van der Waals surface area (Å²) in [5, 5.41) is 19.6. The van der Waals surface area contributed by atoms with Crippen LogP contribution in [0.1, 0.15) is 22.5 Å². The van der Waals surface area contributed by atoms with E-state index in [-0.39, 0.29) is 28.9 Å². The van der Waals surface area contributed by atoms with Crippen LogP contribution in [-0.2, 0) is 9.59 Å². The van der Waals surface area contributed by atoms with Crippen molar-refractivity contribution in [1.82, 2.24) is 9.80 Å². The van der Waals surface area contributed by atoms with Gasteiger partial charge in [0.2, 0.25) is 5.91 Å². The molecule has 9 nitrogen and oxygen atoms in total. The molecule has 2 amide bonds. The highest BCUT2D eigenvalue weighted by Gasteiger charge is 2.29. The molecule has 1 aromatic heterocycles. The number of likely N-dealkylation sites (tertiary alicyclic amines) is 1. The molecular weight excluding hydrogens is 338 g/mol. The van der Waals surface area contributed by atoms with Gasteiger partial charge >= 0.3 is 11.0 Å². The second-order valence-corrected chi connectivity index (χ2v) is 6.64. The van der Waals surface area contributed by atoms with Gasteiger partial charge in [-0.1, -0.05) is 11.3 Å². The van der Waals surface area contributed by atoms with Crippen molar-refractivity contribution in [3.8, 4) is 0 Å². The molecule has 1 atom stereocenters. The Balaban J connectivity index is 1.96. The van der Waals surface area contributed by atoms with Gasteiger partial charge in [-0.15, -0.1) is 0 Å². The van der Waals surface area contributed by atoms with Crippen molar-refractivity contribution >= 4 is 34.1 Å². The van der Waals surface area contributed by atoms with Crippen molar-refractivity contribution in [2.45, 2.75) is 12.8 Å². The Labute approximate surface area is 141 Å². The van der Waals surface area contributed by atoms with Gasteiger partial charge in [-0.05, 0) is 18.9 Å². The first-order chi connectivity index (χ1) is 11.3. The number of carbonyl (C=O) groups is 3. The van der Waals surface area contributed by atoms with E-state index in [1.165, 1.54) is 29.0 Å². The molecular formula is C14H17N3O6S. The summed E-state index contributed by atoms with van der Waals surface area (Å²) in [4.78, 5) is 48.4. The summed E-state index contributed by atoms with van der Waals surface area (Å²) >= 11 is 0.751. The standard InChI is InChI=1S/C14H17N3O6S/c1-15(13(19)10-4-5-12(24-10)17(22)23)8-11(18)16-6-2-3-9(7-16)14(20)21/h4-5,9H,2-3,6-8H2,1H3,(H,20,21). The molecule has 0 aliphatic carbocycles. The lowest BCUT2D eigenvalue weighted by molar-refractivity contribution is -0.380.